The first kappa shape index (κ1) is 23.9. The Hall–Kier alpha value is -0.330. The van der Waals surface area contributed by atoms with Crippen LogP contribution in [-0.4, -0.2) is 28.6 Å². The predicted octanol–water partition coefficient (Wildman–Crippen LogP) is 5.22. The van der Waals surface area contributed by atoms with Gasteiger partial charge in [-0.15, -0.1) is 0 Å². The van der Waals surface area contributed by atoms with Crippen molar-refractivity contribution in [3.8, 4) is 0 Å². The number of aliphatic carboxylic acids is 1. The van der Waals surface area contributed by atoms with Gasteiger partial charge in [0.15, 0.2) is 0 Å². The molecule has 0 aliphatic carbocycles. The van der Waals surface area contributed by atoms with E-state index in [0.29, 0.717) is 6.42 Å². The van der Waals surface area contributed by atoms with Crippen molar-refractivity contribution in [2.24, 2.45) is 5.41 Å². The number of carboxylic acid groups (broad SMARTS) is 1. The van der Waals surface area contributed by atoms with Crippen LogP contribution < -0.4 is 0 Å². The molecule has 0 spiro atoms. The molecule has 5 heteroatoms. The molecule has 0 aliphatic heterocycles. The van der Waals surface area contributed by atoms with Crippen molar-refractivity contribution >= 4 is 34.5 Å². The fraction of sp³-hybridized carbons (Fsp3) is 0.882. The van der Waals surface area contributed by atoms with Crippen LogP contribution in [0.5, 0.6) is 0 Å². The molecule has 4 nitrogen and oxygen atoms in total. The maximum absolute atomic E-state index is 11.3. The number of alkyl halides is 1. The van der Waals surface area contributed by atoms with Crippen LogP contribution in [-0.2, 0) is 14.3 Å². The van der Waals surface area contributed by atoms with E-state index in [1.165, 1.54) is 30.8 Å². The van der Waals surface area contributed by atoms with E-state index in [0.717, 1.165) is 32.1 Å². The third-order valence-electron chi connectivity index (χ3n) is 3.42. The van der Waals surface area contributed by atoms with Gasteiger partial charge >= 0.3 is 11.9 Å². The zero-order valence-corrected chi connectivity index (χ0v) is 16.8. The summed E-state index contributed by atoms with van der Waals surface area (Å²) < 4.78 is 5.94. The first-order valence-corrected chi connectivity index (χ1v) is 9.70. The van der Waals surface area contributed by atoms with Crippen molar-refractivity contribution in [3.05, 3.63) is 0 Å². The predicted molar refractivity (Wildman–Crippen MR) is 99.5 cm³/mol. The number of unbranched alkanes of at least 4 members (excludes halogenated alkanes) is 5. The molecule has 0 atom stereocenters. The molecule has 132 valence electrons. The highest BCUT2D eigenvalue weighted by atomic mass is 127. The Morgan fingerprint density at radius 1 is 1.05 bits per heavy atom. The Labute approximate surface area is 149 Å². The van der Waals surface area contributed by atoms with Crippen LogP contribution >= 0.6 is 22.6 Å². The van der Waals surface area contributed by atoms with Crippen molar-refractivity contribution in [2.45, 2.75) is 78.6 Å². The maximum Gasteiger partial charge on any atom is 0.311 e. The van der Waals surface area contributed by atoms with Gasteiger partial charge in [0.25, 0.3) is 0 Å². The average Bonchev–Trinajstić information content (AvgIpc) is 2.47. The van der Waals surface area contributed by atoms with Gasteiger partial charge < -0.3 is 9.84 Å². The number of rotatable bonds is 11. The van der Waals surface area contributed by atoms with Crippen molar-refractivity contribution in [1.29, 1.82) is 0 Å². The zero-order chi connectivity index (χ0) is 17.4. The van der Waals surface area contributed by atoms with E-state index in [2.05, 4.69) is 29.5 Å². The minimum absolute atomic E-state index is 0.0954. The van der Waals surface area contributed by atoms with E-state index in [1.807, 2.05) is 13.8 Å². The Morgan fingerprint density at radius 3 is 2.09 bits per heavy atom. The molecule has 0 amide bonds. The van der Waals surface area contributed by atoms with Crippen molar-refractivity contribution < 1.29 is 19.4 Å². The molecule has 22 heavy (non-hydrogen) atoms. The van der Waals surface area contributed by atoms with E-state index in [1.54, 1.807) is 0 Å². The number of carboxylic acids is 1. The lowest BCUT2D eigenvalue weighted by atomic mass is 9.87. The van der Waals surface area contributed by atoms with Gasteiger partial charge in [0.1, 0.15) is 0 Å². The number of methoxy groups -OCH3 is 1. The summed E-state index contributed by atoms with van der Waals surface area (Å²) in [6.07, 6.45) is 9.06. The molecule has 0 saturated heterocycles. The Kier molecular flexibility index (Phi) is 16.9. The lowest BCUT2D eigenvalue weighted by molar-refractivity contribution is -0.151. The van der Waals surface area contributed by atoms with Crippen LogP contribution in [0.15, 0.2) is 0 Å². The Bertz CT molecular complexity index is 290. The summed E-state index contributed by atoms with van der Waals surface area (Å²) >= 11 is 2.38. The van der Waals surface area contributed by atoms with Crippen LogP contribution in [0.3, 0.4) is 0 Å². The summed E-state index contributed by atoms with van der Waals surface area (Å²) in [6, 6.07) is 0. The van der Waals surface area contributed by atoms with Crippen LogP contribution in [0.25, 0.3) is 0 Å². The minimum Gasteiger partial charge on any atom is -0.481 e. The molecular formula is C17H33IO4. The molecule has 0 rings (SSSR count). The molecule has 0 aromatic carbocycles. The first-order chi connectivity index (χ1) is 10.3. The van der Waals surface area contributed by atoms with Gasteiger partial charge in [0.05, 0.1) is 12.5 Å². The average molecular weight is 428 g/mol. The number of carbonyl (C=O) groups excluding carboxylic acids is 1. The summed E-state index contributed by atoms with van der Waals surface area (Å²) in [5, 5.41) is 8.21. The van der Waals surface area contributed by atoms with Crippen molar-refractivity contribution in [3.63, 3.8) is 0 Å². The quantitative estimate of drug-likeness (QED) is 0.212. The molecule has 0 saturated carbocycles. The second-order valence-corrected chi connectivity index (χ2v) is 7.16. The van der Waals surface area contributed by atoms with Gasteiger partial charge in [-0.2, -0.15) is 0 Å². The fourth-order valence-corrected chi connectivity index (χ4v) is 2.46. The topological polar surface area (TPSA) is 63.6 Å². The summed E-state index contributed by atoms with van der Waals surface area (Å²) in [5.41, 5.74) is -0.306. The van der Waals surface area contributed by atoms with E-state index in [4.69, 9.17) is 9.84 Å². The molecule has 0 aliphatic rings. The molecule has 0 radical (unpaired) electrons. The molecule has 0 aromatic heterocycles. The van der Waals surface area contributed by atoms with Gasteiger partial charge in [0, 0.05) is 6.42 Å². The van der Waals surface area contributed by atoms with Gasteiger partial charge in [0.2, 0.25) is 0 Å². The highest BCUT2D eigenvalue weighted by Crippen LogP contribution is 2.25. The van der Waals surface area contributed by atoms with E-state index < -0.39 is 5.97 Å². The minimum atomic E-state index is -0.675. The lowest BCUT2D eigenvalue weighted by Gasteiger charge is -2.20. The first-order valence-electron chi connectivity index (χ1n) is 8.18. The number of carbonyl (C=O) groups is 2. The molecule has 0 unspecified atom stereocenters. The third kappa shape index (κ3) is 16.0. The molecule has 1 N–H and O–H groups in total. The van der Waals surface area contributed by atoms with Crippen LogP contribution in [0.2, 0.25) is 0 Å². The van der Waals surface area contributed by atoms with Crippen LogP contribution in [0.4, 0.5) is 0 Å². The highest BCUT2D eigenvalue weighted by molar-refractivity contribution is 14.1. The van der Waals surface area contributed by atoms with E-state index in [9.17, 15) is 9.59 Å². The second-order valence-electron chi connectivity index (χ2n) is 6.08. The van der Waals surface area contributed by atoms with Gasteiger partial charge in [-0.3, -0.25) is 9.59 Å². The monoisotopic (exact) mass is 428 g/mol. The fourth-order valence-electron chi connectivity index (χ4n) is 1.92. The molecule has 0 aromatic rings. The smallest absolute Gasteiger partial charge is 0.311 e. The Balaban J connectivity index is 0. The van der Waals surface area contributed by atoms with Gasteiger partial charge in [-0.1, -0.05) is 61.6 Å². The number of ether oxygens (including phenoxy) is 1. The van der Waals surface area contributed by atoms with Crippen molar-refractivity contribution in [1.82, 2.24) is 0 Å². The van der Waals surface area contributed by atoms with Gasteiger partial charge in [-0.25, -0.2) is 0 Å². The van der Waals surface area contributed by atoms with Gasteiger partial charge in [-0.05, 0) is 37.5 Å². The zero-order valence-electron chi connectivity index (χ0n) is 14.6. The van der Waals surface area contributed by atoms with Crippen LogP contribution in [0.1, 0.15) is 78.6 Å². The second kappa shape index (κ2) is 15.6. The third-order valence-corrected chi connectivity index (χ3v) is 4.18. The largest absolute Gasteiger partial charge is 0.481 e. The standard InChI is InChI=1S/C10H19IO2.C7H14O2/c1-10(2,9(12)13-3)7-5-4-6-8-11;1-2-3-4-5-6-7(8)9/h4-8H2,1-3H3;2-6H2,1H3,(H,8,9). The number of halogens is 1. The number of hydrogen-bond acceptors (Lipinski definition) is 3. The normalized spacial score (nSPS) is 10.6. The van der Waals surface area contributed by atoms with E-state index in [-0.39, 0.29) is 11.4 Å². The number of hydrogen-bond donors (Lipinski definition) is 1. The summed E-state index contributed by atoms with van der Waals surface area (Å²) in [7, 11) is 1.45. The number of esters is 1. The highest BCUT2D eigenvalue weighted by Gasteiger charge is 2.27. The van der Waals surface area contributed by atoms with Crippen molar-refractivity contribution in [2.75, 3.05) is 11.5 Å². The van der Waals surface area contributed by atoms with Crippen LogP contribution in [0, 0.1) is 5.41 Å². The summed E-state index contributed by atoms with van der Waals surface area (Å²) in [4.78, 5) is 21.2. The summed E-state index contributed by atoms with van der Waals surface area (Å²) in [5.74, 6) is -0.770. The molecule has 0 fully saturated rings. The maximum atomic E-state index is 11.3. The Morgan fingerprint density at radius 2 is 1.64 bits per heavy atom. The lowest BCUT2D eigenvalue weighted by Crippen LogP contribution is -2.25. The summed E-state index contributed by atoms with van der Waals surface area (Å²) in [6.45, 7) is 6.01. The molecular weight excluding hydrogens is 395 g/mol. The van der Waals surface area contributed by atoms with E-state index >= 15 is 0 Å². The molecule has 0 heterocycles. The molecule has 0 bridgehead atoms. The SMILES string of the molecule is CCCCCCC(=O)O.COC(=O)C(C)(C)CCCCCI.